The van der Waals surface area contributed by atoms with Gasteiger partial charge in [-0.05, 0) is 30.7 Å². The predicted molar refractivity (Wildman–Crippen MR) is 95.1 cm³/mol. The van der Waals surface area contributed by atoms with E-state index >= 15 is 0 Å². The Balaban J connectivity index is 1.66. The molecule has 0 radical (unpaired) electrons. The van der Waals surface area contributed by atoms with Crippen LogP contribution >= 0.6 is 11.8 Å². The van der Waals surface area contributed by atoms with Gasteiger partial charge in [0.15, 0.2) is 6.10 Å². The van der Waals surface area contributed by atoms with Crippen LogP contribution in [0.4, 0.5) is 5.69 Å². The zero-order chi connectivity index (χ0) is 16.9. The zero-order valence-electron chi connectivity index (χ0n) is 13.4. The van der Waals surface area contributed by atoms with Gasteiger partial charge in [0, 0.05) is 17.1 Å². The highest BCUT2D eigenvalue weighted by Crippen LogP contribution is 2.31. The predicted octanol–water partition coefficient (Wildman–Crippen LogP) is 3.88. The fraction of sp³-hybridized carbons (Fsp3) is 0.263. The number of thioether (sulfide) groups is 1. The Kier molecular flexibility index (Phi) is 5.07. The number of hydrogen-bond donors (Lipinski definition) is 1. The molecule has 0 aliphatic carbocycles. The van der Waals surface area contributed by atoms with E-state index in [0.29, 0.717) is 12.2 Å². The van der Waals surface area contributed by atoms with Gasteiger partial charge in [0.25, 0.3) is 5.91 Å². The lowest BCUT2D eigenvalue weighted by molar-refractivity contribution is -0.122. The van der Waals surface area contributed by atoms with Crippen molar-refractivity contribution >= 4 is 23.4 Å². The quantitative estimate of drug-likeness (QED) is 0.841. The van der Waals surface area contributed by atoms with Crippen LogP contribution in [0, 0.1) is 17.2 Å². The van der Waals surface area contributed by atoms with E-state index in [-0.39, 0.29) is 11.8 Å². The summed E-state index contributed by atoms with van der Waals surface area (Å²) in [5.41, 5.74) is 1.82. The SMILES string of the molecule is C[C@H](C#N)CSc1ccccc1NC(=O)[C@@H]1Cc2ccccc2O1. The first-order valence-electron chi connectivity index (χ1n) is 7.84. The van der Waals surface area contributed by atoms with Crippen LogP contribution in [-0.2, 0) is 11.2 Å². The number of carbonyl (C=O) groups excluding carboxylic acids is 1. The van der Waals surface area contributed by atoms with Crippen LogP contribution in [0.5, 0.6) is 5.75 Å². The van der Waals surface area contributed by atoms with Crippen LogP contribution in [0.15, 0.2) is 53.4 Å². The third-order valence-corrected chi connectivity index (χ3v) is 5.13. The Morgan fingerprint density at radius 2 is 2.08 bits per heavy atom. The highest BCUT2D eigenvalue weighted by Gasteiger charge is 2.29. The first-order chi connectivity index (χ1) is 11.7. The molecule has 0 unspecified atom stereocenters. The van der Waals surface area contributed by atoms with Crippen molar-refractivity contribution in [3.05, 3.63) is 54.1 Å². The molecule has 0 saturated heterocycles. The number of nitrogens with one attached hydrogen (secondary N) is 1. The topological polar surface area (TPSA) is 62.1 Å². The van der Waals surface area contributed by atoms with Crippen LogP contribution < -0.4 is 10.1 Å². The summed E-state index contributed by atoms with van der Waals surface area (Å²) in [5.74, 6) is 1.29. The molecule has 0 fully saturated rings. The van der Waals surface area contributed by atoms with Crippen molar-refractivity contribution in [1.29, 1.82) is 5.26 Å². The molecule has 0 spiro atoms. The molecule has 1 heterocycles. The van der Waals surface area contributed by atoms with Crippen molar-refractivity contribution in [2.75, 3.05) is 11.1 Å². The van der Waals surface area contributed by atoms with Gasteiger partial charge < -0.3 is 10.1 Å². The summed E-state index contributed by atoms with van der Waals surface area (Å²) in [6.07, 6.45) is 0.0847. The van der Waals surface area contributed by atoms with E-state index < -0.39 is 6.10 Å². The van der Waals surface area contributed by atoms with Crippen molar-refractivity contribution in [3.63, 3.8) is 0 Å². The molecular weight excluding hydrogens is 320 g/mol. The Bertz CT molecular complexity index is 760. The van der Waals surface area contributed by atoms with E-state index in [9.17, 15) is 4.79 Å². The summed E-state index contributed by atoms with van der Waals surface area (Å²) in [5, 5.41) is 11.9. The fourth-order valence-electron chi connectivity index (χ4n) is 2.49. The summed E-state index contributed by atoms with van der Waals surface area (Å²) in [4.78, 5) is 13.5. The summed E-state index contributed by atoms with van der Waals surface area (Å²) in [6.45, 7) is 1.89. The van der Waals surface area contributed by atoms with Gasteiger partial charge in [-0.15, -0.1) is 11.8 Å². The number of amides is 1. The summed E-state index contributed by atoms with van der Waals surface area (Å²) >= 11 is 1.57. The van der Waals surface area contributed by atoms with Crippen LogP contribution in [0.2, 0.25) is 0 Å². The maximum Gasteiger partial charge on any atom is 0.265 e. The molecule has 1 amide bonds. The summed E-state index contributed by atoms with van der Waals surface area (Å²) in [7, 11) is 0. The number of rotatable bonds is 5. The largest absolute Gasteiger partial charge is 0.480 e. The number of fused-ring (bicyclic) bond motifs is 1. The smallest absolute Gasteiger partial charge is 0.265 e. The molecule has 2 aromatic rings. The van der Waals surface area contributed by atoms with Crippen molar-refractivity contribution in [2.24, 2.45) is 5.92 Å². The van der Waals surface area contributed by atoms with Crippen LogP contribution in [-0.4, -0.2) is 17.8 Å². The van der Waals surface area contributed by atoms with Gasteiger partial charge >= 0.3 is 0 Å². The molecule has 0 saturated carbocycles. The normalized spacial score (nSPS) is 16.6. The maximum atomic E-state index is 12.5. The zero-order valence-corrected chi connectivity index (χ0v) is 14.2. The Morgan fingerprint density at radius 1 is 1.33 bits per heavy atom. The second kappa shape index (κ2) is 7.41. The lowest BCUT2D eigenvalue weighted by Crippen LogP contribution is -2.31. The van der Waals surface area contributed by atoms with E-state index in [1.165, 1.54) is 0 Å². The Hall–Kier alpha value is -2.45. The van der Waals surface area contributed by atoms with Gasteiger partial charge in [-0.3, -0.25) is 4.79 Å². The van der Waals surface area contributed by atoms with Crippen LogP contribution in [0.1, 0.15) is 12.5 Å². The van der Waals surface area contributed by atoms with Crippen LogP contribution in [0.25, 0.3) is 0 Å². The molecule has 1 N–H and O–H groups in total. The minimum Gasteiger partial charge on any atom is -0.480 e. The molecular formula is C19H18N2O2S. The second-order valence-electron chi connectivity index (χ2n) is 5.74. The number of nitriles is 1. The van der Waals surface area contributed by atoms with E-state index in [4.69, 9.17) is 10.00 Å². The molecule has 2 aromatic carbocycles. The Labute approximate surface area is 145 Å². The number of carbonyl (C=O) groups is 1. The first kappa shape index (κ1) is 16.4. The minimum atomic E-state index is -0.501. The van der Waals surface area contributed by atoms with Gasteiger partial charge in [0.1, 0.15) is 5.75 Å². The number of anilines is 1. The third kappa shape index (κ3) is 3.72. The molecule has 2 atom stereocenters. The molecule has 122 valence electrons. The molecule has 0 aromatic heterocycles. The van der Waals surface area contributed by atoms with Gasteiger partial charge in [-0.2, -0.15) is 5.26 Å². The molecule has 3 rings (SSSR count). The molecule has 1 aliphatic rings. The van der Waals surface area contributed by atoms with Gasteiger partial charge in [0.2, 0.25) is 0 Å². The monoisotopic (exact) mass is 338 g/mol. The standard InChI is InChI=1S/C19H18N2O2S/c1-13(11-20)12-24-18-9-5-3-7-15(18)21-19(22)17-10-14-6-2-4-8-16(14)23-17/h2-9,13,17H,10,12H2,1H3,(H,21,22)/t13-,17+/m1/s1. The highest BCUT2D eigenvalue weighted by atomic mass is 32.2. The van der Waals surface area contributed by atoms with E-state index in [1.54, 1.807) is 11.8 Å². The van der Waals surface area contributed by atoms with Gasteiger partial charge in [0.05, 0.1) is 17.7 Å². The number of ether oxygens (including phenoxy) is 1. The maximum absolute atomic E-state index is 12.5. The van der Waals surface area contributed by atoms with E-state index in [1.807, 2.05) is 55.5 Å². The van der Waals surface area contributed by atoms with Gasteiger partial charge in [-0.1, -0.05) is 30.3 Å². The molecule has 1 aliphatic heterocycles. The molecule has 5 heteroatoms. The Morgan fingerprint density at radius 3 is 2.88 bits per heavy atom. The summed E-state index contributed by atoms with van der Waals surface area (Å²) in [6, 6.07) is 17.6. The van der Waals surface area contributed by atoms with Crippen molar-refractivity contribution in [2.45, 2.75) is 24.3 Å². The van der Waals surface area contributed by atoms with Crippen molar-refractivity contribution in [1.82, 2.24) is 0 Å². The van der Waals surface area contributed by atoms with Crippen molar-refractivity contribution in [3.8, 4) is 11.8 Å². The van der Waals surface area contributed by atoms with E-state index in [0.717, 1.165) is 21.9 Å². The minimum absolute atomic E-state index is 0.0357. The number of hydrogen-bond acceptors (Lipinski definition) is 4. The number of benzene rings is 2. The summed E-state index contributed by atoms with van der Waals surface area (Å²) < 4.78 is 5.73. The lowest BCUT2D eigenvalue weighted by Gasteiger charge is -2.14. The molecule has 0 bridgehead atoms. The average Bonchev–Trinajstić information content (AvgIpc) is 3.05. The third-order valence-electron chi connectivity index (χ3n) is 3.79. The fourth-order valence-corrected chi connectivity index (χ4v) is 3.44. The molecule has 4 nitrogen and oxygen atoms in total. The highest BCUT2D eigenvalue weighted by molar-refractivity contribution is 7.99. The van der Waals surface area contributed by atoms with Gasteiger partial charge in [-0.25, -0.2) is 0 Å². The second-order valence-corrected chi connectivity index (χ2v) is 6.81. The number of para-hydroxylation sites is 2. The van der Waals surface area contributed by atoms with E-state index in [2.05, 4.69) is 11.4 Å². The molecule has 24 heavy (non-hydrogen) atoms. The number of nitrogens with zero attached hydrogens (tertiary/aromatic N) is 1. The van der Waals surface area contributed by atoms with Crippen LogP contribution in [0.3, 0.4) is 0 Å². The first-order valence-corrected chi connectivity index (χ1v) is 8.83. The average molecular weight is 338 g/mol. The van der Waals surface area contributed by atoms with Crippen molar-refractivity contribution < 1.29 is 9.53 Å². The lowest BCUT2D eigenvalue weighted by atomic mass is 10.1.